The molecule has 0 bridgehead atoms. The molecule has 0 atom stereocenters. The molecule has 0 unspecified atom stereocenters. The Hall–Kier alpha value is -2.45. The number of carbonyl (C=O) groups is 1. The van der Waals surface area contributed by atoms with Gasteiger partial charge in [-0.1, -0.05) is 11.6 Å². The van der Waals surface area contributed by atoms with Crippen molar-refractivity contribution < 1.29 is 22.7 Å². The highest BCUT2D eigenvalue weighted by Gasteiger charge is 2.34. The van der Waals surface area contributed by atoms with E-state index >= 15 is 0 Å². The number of benzene rings is 2. The van der Waals surface area contributed by atoms with Gasteiger partial charge in [-0.2, -0.15) is 0 Å². The van der Waals surface area contributed by atoms with Crippen LogP contribution in [0.15, 0.2) is 41.3 Å². The number of methoxy groups -OCH3 is 1. The number of hydrogen-bond acceptors (Lipinski definition) is 5. The number of sulfonamides is 1. The topological polar surface area (TPSA) is 84.9 Å². The Labute approximate surface area is 169 Å². The first-order chi connectivity index (χ1) is 13.0. The first-order valence-electron chi connectivity index (χ1n) is 8.50. The van der Waals surface area contributed by atoms with Crippen LogP contribution < -0.4 is 19.1 Å². The number of ether oxygens (including phenoxy) is 2. The molecule has 0 saturated heterocycles. The normalized spacial score (nSPS) is 15.4. The summed E-state index contributed by atoms with van der Waals surface area (Å²) in [5.74, 6) is 0.704. The number of rotatable bonds is 4. The average Bonchev–Trinajstić information content (AvgIpc) is 2.59. The second kappa shape index (κ2) is 7.18. The molecule has 7 nitrogen and oxygen atoms in total. The molecule has 150 valence electrons. The number of fused-ring (bicyclic) bond motifs is 1. The largest absolute Gasteiger partial charge is 0.495 e. The van der Waals surface area contributed by atoms with Crippen LogP contribution in [0, 0.1) is 0 Å². The molecule has 0 aromatic heterocycles. The van der Waals surface area contributed by atoms with E-state index in [2.05, 4.69) is 4.72 Å². The molecule has 2 aromatic rings. The van der Waals surface area contributed by atoms with Crippen LogP contribution in [0.2, 0.25) is 5.02 Å². The number of amides is 1. The maximum Gasteiger partial charge on any atom is 0.261 e. The lowest BCUT2D eigenvalue weighted by atomic mass is 10.1. The molecule has 0 radical (unpaired) electrons. The van der Waals surface area contributed by atoms with Gasteiger partial charge in [0.2, 0.25) is 5.91 Å². The molecule has 0 aliphatic carbocycles. The van der Waals surface area contributed by atoms with E-state index in [-0.39, 0.29) is 15.8 Å². The predicted octanol–water partition coefficient (Wildman–Crippen LogP) is 3.67. The second-order valence-corrected chi connectivity index (χ2v) is 9.14. The number of carbonyl (C=O) groups excluding carboxylic acids is 1. The van der Waals surface area contributed by atoms with Crippen molar-refractivity contribution in [1.29, 1.82) is 0 Å². The van der Waals surface area contributed by atoms with Crippen molar-refractivity contribution >= 4 is 38.9 Å². The van der Waals surface area contributed by atoms with Gasteiger partial charge < -0.3 is 14.4 Å². The van der Waals surface area contributed by atoms with Crippen molar-refractivity contribution in [3.05, 3.63) is 41.4 Å². The van der Waals surface area contributed by atoms with Crippen molar-refractivity contribution in [3.63, 3.8) is 0 Å². The Morgan fingerprint density at radius 3 is 2.57 bits per heavy atom. The molecule has 28 heavy (non-hydrogen) atoms. The summed E-state index contributed by atoms with van der Waals surface area (Å²) in [7, 11) is -2.43. The van der Waals surface area contributed by atoms with Crippen molar-refractivity contribution in [2.24, 2.45) is 0 Å². The lowest BCUT2D eigenvalue weighted by molar-refractivity contribution is -0.117. The molecular weight excluding hydrogens is 404 g/mol. The Balaban J connectivity index is 1.96. The smallest absolute Gasteiger partial charge is 0.261 e. The van der Waals surface area contributed by atoms with E-state index in [1.54, 1.807) is 18.2 Å². The zero-order chi connectivity index (χ0) is 20.7. The van der Waals surface area contributed by atoms with Crippen LogP contribution in [0.1, 0.15) is 20.8 Å². The van der Waals surface area contributed by atoms with E-state index in [0.717, 1.165) is 0 Å². The lowest BCUT2D eigenvalue weighted by Gasteiger charge is -2.39. The number of halogens is 1. The van der Waals surface area contributed by atoms with Gasteiger partial charge in [0.05, 0.1) is 34.9 Å². The molecule has 0 saturated carbocycles. The second-order valence-electron chi connectivity index (χ2n) is 7.05. The molecule has 1 amide bonds. The molecule has 1 aliphatic heterocycles. The molecule has 2 aromatic carbocycles. The van der Waals surface area contributed by atoms with Gasteiger partial charge in [-0.25, -0.2) is 8.42 Å². The summed E-state index contributed by atoms with van der Waals surface area (Å²) >= 11 is 6.06. The first-order valence-corrected chi connectivity index (χ1v) is 10.4. The Bertz CT molecular complexity index is 1040. The highest BCUT2D eigenvalue weighted by atomic mass is 35.5. The third kappa shape index (κ3) is 4.02. The molecule has 1 N–H and O–H groups in total. The maximum absolute atomic E-state index is 12.8. The average molecular weight is 425 g/mol. The lowest BCUT2D eigenvalue weighted by Crippen LogP contribution is -2.48. The van der Waals surface area contributed by atoms with Crippen LogP contribution in [-0.4, -0.2) is 33.6 Å². The minimum Gasteiger partial charge on any atom is -0.495 e. The molecule has 9 heteroatoms. The molecular formula is C19H21ClN2O5S. The molecule has 0 spiro atoms. The number of nitrogens with zero attached hydrogens (tertiary/aromatic N) is 1. The van der Waals surface area contributed by atoms with Crippen LogP contribution in [0.3, 0.4) is 0 Å². The van der Waals surface area contributed by atoms with Crippen molar-refractivity contribution in [2.45, 2.75) is 31.3 Å². The Morgan fingerprint density at radius 1 is 1.25 bits per heavy atom. The standard InChI is InChI=1S/C19H21ClN2O5S/c1-12(23)22-11-19(2,3)27-18-8-6-14(10-16(18)22)28(24,25)21-13-5-7-17(26-4)15(20)9-13/h5-10,21H,11H2,1-4H3. The van der Waals surface area contributed by atoms with Crippen molar-refractivity contribution in [2.75, 3.05) is 23.3 Å². The van der Waals surface area contributed by atoms with Gasteiger partial charge >= 0.3 is 0 Å². The quantitative estimate of drug-likeness (QED) is 0.809. The summed E-state index contributed by atoms with van der Waals surface area (Å²) in [6.45, 7) is 5.49. The van der Waals surface area contributed by atoms with Crippen molar-refractivity contribution in [1.82, 2.24) is 0 Å². The Kier molecular flexibility index (Phi) is 5.20. The summed E-state index contributed by atoms with van der Waals surface area (Å²) in [5, 5.41) is 0.284. The summed E-state index contributed by atoms with van der Waals surface area (Å²) in [6.07, 6.45) is 0. The molecule has 1 aliphatic rings. The fourth-order valence-corrected chi connectivity index (χ4v) is 4.31. The first kappa shape index (κ1) is 20.3. The summed E-state index contributed by atoms with van der Waals surface area (Å²) in [6, 6.07) is 9.01. The van der Waals surface area contributed by atoms with Gasteiger partial charge in [-0.15, -0.1) is 0 Å². The summed E-state index contributed by atoms with van der Waals surface area (Å²) in [4.78, 5) is 13.6. The maximum atomic E-state index is 12.8. The van der Waals surface area contributed by atoms with Crippen LogP contribution in [-0.2, 0) is 14.8 Å². The monoisotopic (exact) mass is 424 g/mol. The van der Waals surface area contributed by atoms with E-state index < -0.39 is 15.6 Å². The van der Waals surface area contributed by atoms with Crippen LogP contribution in [0.4, 0.5) is 11.4 Å². The summed E-state index contributed by atoms with van der Waals surface area (Å²) < 4.78 is 39.1. The Morgan fingerprint density at radius 2 is 1.96 bits per heavy atom. The third-order valence-electron chi connectivity index (χ3n) is 4.24. The van der Waals surface area contributed by atoms with Crippen molar-refractivity contribution in [3.8, 4) is 11.5 Å². The molecule has 1 heterocycles. The number of anilines is 2. The zero-order valence-corrected chi connectivity index (χ0v) is 17.5. The van der Waals surface area contributed by atoms with E-state index in [9.17, 15) is 13.2 Å². The van der Waals surface area contributed by atoms with Gasteiger partial charge in [-0.3, -0.25) is 9.52 Å². The SMILES string of the molecule is COc1ccc(NS(=O)(=O)c2ccc3c(c2)N(C(C)=O)CC(C)(C)O3)cc1Cl. The van der Waals surface area contributed by atoms with Gasteiger partial charge in [-0.05, 0) is 50.2 Å². The van der Waals surface area contributed by atoms with E-state index in [0.29, 0.717) is 29.4 Å². The van der Waals surface area contributed by atoms with E-state index in [4.69, 9.17) is 21.1 Å². The summed E-state index contributed by atoms with van der Waals surface area (Å²) in [5.41, 5.74) is 0.142. The fourth-order valence-electron chi connectivity index (χ4n) is 2.98. The van der Waals surface area contributed by atoms with Crippen LogP contribution in [0.5, 0.6) is 11.5 Å². The highest BCUT2D eigenvalue weighted by molar-refractivity contribution is 7.92. The fraction of sp³-hybridized carbons (Fsp3) is 0.316. The van der Waals surface area contributed by atoms with Crippen LogP contribution in [0.25, 0.3) is 0 Å². The number of hydrogen-bond donors (Lipinski definition) is 1. The predicted molar refractivity (Wildman–Crippen MR) is 108 cm³/mol. The van der Waals surface area contributed by atoms with E-state index in [1.165, 1.54) is 37.1 Å². The minimum atomic E-state index is -3.90. The van der Waals surface area contributed by atoms with Gasteiger partial charge in [0.15, 0.2) is 0 Å². The van der Waals surface area contributed by atoms with Gasteiger partial charge in [0, 0.05) is 6.92 Å². The van der Waals surface area contributed by atoms with Crippen LogP contribution >= 0.6 is 11.6 Å². The molecule has 3 rings (SSSR count). The number of nitrogens with one attached hydrogen (secondary N) is 1. The highest BCUT2D eigenvalue weighted by Crippen LogP contribution is 2.39. The van der Waals surface area contributed by atoms with Gasteiger partial charge in [0.1, 0.15) is 17.1 Å². The molecule has 0 fully saturated rings. The van der Waals surface area contributed by atoms with Gasteiger partial charge in [0.25, 0.3) is 10.0 Å². The van der Waals surface area contributed by atoms with E-state index in [1.807, 2.05) is 13.8 Å². The zero-order valence-electron chi connectivity index (χ0n) is 15.9. The minimum absolute atomic E-state index is 0.00717. The third-order valence-corrected chi connectivity index (χ3v) is 5.92.